The normalized spacial score (nSPS) is 8.00. The van der Waals surface area contributed by atoms with Crippen LogP contribution in [0.2, 0.25) is 0 Å². The minimum atomic E-state index is -0.502. The summed E-state index contributed by atoms with van der Waals surface area (Å²) in [6.07, 6.45) is 0. The third kappa shape index (κ3) is 17.3. The van der Waals surface area contributed by atoms with Crippen LogP contribution in [0.4, 0.5) is 0 Å². The van der Waals surface area contributed by atoms with Gasteiger partial charge >= 0.3 is 15.5 Å². The minimum Gasteiger partial charge on any atom is -0.348 e. The molecule has 0 fully saturated rings. The number of aromatic nitrogens is 10. The van der Waals surface area contributed by atoms with Crippen LogP contribution in [-0.4, -0.2) is 50.3 Å². The third-order valence-corrected chi connectivity index (χ3v) is 2.90. The first kappa shape index (κ1) is 35.2. The summed E-state index contributed by atoms with van der Waals surface area (Å²) >= 11 is 5.47. The van der Waals surface area contributed by atoms with Crippen molar-refractivity contribution in [1.82, 2.24) is 50.3 Å². The monoisotopic (exact) mass is 480 g/mol. The molecule has 16 heteroatoms. The molecule has 4 rings (SSSR count). The number of nitrogens with one attached hydrogen (secondary N) is 4. The van der Waals surface area contributed by atoms with Crippen LogP contribution < -0.4 is 10.6 Å². The van der Waals surface area contributed by atoms with Crippen LogP contribution in [0, 0.1) is 32.5 Å². The van der Waals surface area contributed by atoms with Crippen molar-refractivity contribution in [2.45, 2.75) is 57.4 Å². The second-order valence-electron chi connectivity index (χ2n) is 4.49. The predicted octanol–water partition coefficient (Wildman–Crippen LogP) is 2.90. The van der Waals surface area contributed by atoms with E-state index in [1.807, 2.05) is 0 Å². The van der Waals surface area contributed by atoms with Gasteiger partial charge in [0.05, 0.1) is 0 Å². The minimum absolute atomic E-state index is 0. The Morgan fingerprint density at radius 3 is 1.71 bits per heavy atom. The van der Waals surface area contributed by atoms with E-state index in [0.29, 0.717) is 23.3 Å². The van der Waals surface area contributed by atoms with Gasteiger partial charge in [0.2, 0.25) is 0 Å². The second kappa shape index (κ2) is 18.7. The number of tetrazole rings is 1. The molecule has 0 aromatic carbocycles. The van der Waals surface area contributed by atoms with Gasteiger partial charge < -0.3 is 4.52 Å². The molecule has 4 heterocycles. The van der Waals surface area contributed by atoms with E-state index in [-0.39, 0.29) is 39.4 Å². The smallest absolute Gasteiger partial charge is 0.348 e. The zero-order valence-corrected chi connectivity index (χ0v) is 16.3. The largest absolute Gasteiger partial charge is 0.438 e. The van der Waals surface area contributed by atoms with E-state index in [9.17, 15) is 9.59 Å². The van der Waals surface area contributed by atoms with Crippen molar-refractivity contribution in [1.29, 1.82) is 0 Å². The Balaban J connectivity index is -0.000000151. The van der Waals surface area contributed by atoms with E-state index in [1.165, 1.54) is 0 Å². The lowest BCUT2D eigenvalue weighted by Gasteiger charge is -1.65. The SMILES string of the molecule is C.C.C.C.Cc1nc(=S)o[nH]1.Cc1nn[nH]n1.Cc1noc(=O)[nH]1.Cc1nsc(=O)[nH]1. The number of H-pyrrole nitrogens is 4. The number of aryl methyl sites for hydroxylation is 4. The zero-order valence-electron chi connectivity index (χ0n) is 14.6. The van der Waals surface area contributed by atoms with E-state index < -0.39 is 5.76 Å². The third-order valence-electron chi connectivity index (χ3n) is 2.09. The number of rotatable bonds is 0. The molecular weight excluding hydrogens is 448 g/mol. The maximum atomic E-state index is 10.2. The molecule has 0 radical (unpaired) electrons. The highest BCUT2D eigenvalue weighted by molar-refractivity contribution is 7.71. The molecule has 0 spiro atoms. The molecule has 0 atom stereocenters. The summed E-state index contributed by atoms with van der Waals surface area (Å²) in [4.78, 5) is 28.9. The molecule has 0 saturated carbocycles. The Kier molecular flexibility index (Phi) is 21.3. The van der Waals surface area contributed by atoms with E-state index in [0.717, 1.165) is 11.5 Å². The summed E-state index contributed by atoms with van der Waals surface area (Å²) in [5, 5.41) is 18.5. The van der Waals surface area contributed by atoms with Gasteiger partial charge in [-0.05, 0) is 39.9 Å². The van der Waals surface area contributed by atoms with Crippen molar-refractivity contribution in [3.8, 4) is 0 Å². The Bertz CT molecular complexity index is 948. The van der Waals surface area contributed by atoms with Crippen LogP contribution in [0.5, 0.6) is 0 Å². The highest BCUT2D eigenvalue weighted by Crippen LogP contribution is 1.84. The number of hydrogen-bond acceptors (Lipinski definition) is 12. The topological polar surface area (TPSA) is 201 Å². The van der Waals surface area contributed by atoms with Crippen molar-refractivity contribution < 1.29 is 9.05 Å². The van der Waals surface area contributed by atoms with Gasteiger partial charge in [0.25, 0.3) is 0 Å². The van der Waals surface area contributed by atoms with Crippen LogP contribution >= 0.6 is 23.8 Å². The molecule has 0 amide bonds. The molecule has 4 aromatic heterocycles. The molecule has 0 aliphatic carbocycles. The highest BCUT2D eigenvalue weighted by Gasteiger charge is 1.87. The summed E-state index contributed by atoms with van der Waals surface area (Å²) in [6.45, 7) is 6.94. The first-order valence-corrected chi connectivity index (χ1v) is 8.21. The second-order valence-corrected chi connectivity index (χ2v) is 5.57. The Hall–Kier alpha value is -3.27. The molecule has 0 unspecified atom stereocenters. The standard InChI is InChI=1S/C3H4N2O2.2C3H4N2OS.C2H4N4.4CH4/c2*1-2-4-3(6)7-5-2;1-2-4-3(7)6-5-2;1-2-3-5-6-4-2;;;;/h2*1H3,(H,4,5,6);1H3,(H,4,5,7);1H3,(H,3,4,5,6);4*1H4. The van der Waals surface area contributed by atoms with Crippen molar-refractivity contribution in [3.63, 3.8) is 0 Å². The van der Waals surface area contributed by atoms with Crippen molar-refractivity contribution >= 4 is 23.8 Å². The predicted molar refractivity (Wildman–Crippen MR) is 122 cm³/mol. The van der Waals surface area contributed by atoms with E-state index in [1.54, 1.807) is 27.7 Å². The van der Waals surface area contributed by atoms with Crippen molar-refractivity contribution in [3.05, 3.63) is 48.4 Å². The number of hydrogen-bond donors (Lipinski definition) is 4. The molecular formula is C15H32N10O4S2. The maximum absolute atomic E-state index is 10.2. The quantitative estimate of drug-likeness (QED) is 0.269. The van der Waals surface area contributed by atoms with Gasteiger partial charge in [0.1, 0.15) is 17.5 Å². The van der Waals surface area contributed by atoms with Crippen LogP contribution in [-0.2, 0) is 0 Å². The van der Waals surface area contributed by atoms with Crippen LogP contribution in [0.1, 0.15) is 53.0 Å². The average Bonchev–Trinajstić information content (AvgIpc) is 3.37. The van der Waals surface area contributed by atoms with Gasteiger partial charge in [0.15, 0.2) is 5.82 Å². The van der Waals surface area contributed by atoms with Crippen LogP contribution in [0.3, 0.4) is 0 Å². The maximum Gasteiger partial charge on any atom is 0.438 e. The van der Waals surface area contributed by atoms with Gasteiger partial charge in [0, 0.05) is 11.5 Å². The fourth-order valence-corrected chi connectivity index (χ4v) is 1.76. The fraction of sp³-hybridized carbons (Fsp3) is 0.533. The molecule has 4 aromatic rings. The van der Waals surface area contributed by atoms with E-state index in [2.05, 4.69) is 71.5 Å². The van der Waals surface area contributed by atoms with Gasteiger partial charge in [-0.25, -0.2) is 9.95 Å². The number of aromatic amines is 4. The summed E-state index contributed by atoms with van der Waals surface area (Å²) in [7, 11) is 0. The molecule has 14 nitrogen and oxygen atoms in total. The molecule has 4 N–H and O–H groups in total. The lowest BCUT2D eigenvalue weighted by atomic mass is 10.8. The molecule has 31 heavy (non-hydrogen) atoms. The first-order chi connectivity index (χ1) is 12.8. The van der Waals surface area contributed by atoms with Crippen molar-refractivity contribution in [2.24, 2.45) is 0 Å². The van der Waals surface area contributed by atoms with Crippen LogP contribution in [0.25, 0.3) is 0 Å². The van der Waals surface area contributed by atoms with Gasteiger partial charge in [-0.15, -0.1) is 10.2 Å². The van der Waals surface area contributed by atoms with Gasteiger partial charge in [-0.2, -0.15) is 14.6 Å². The zero-order chi connectivity index (χ0) is 20.2. The van der Waals surface area contributed by atoms with Crippen LogP contribution in [0.15, 0.2) is 18.6 Å². The van der Waals surface area contributed by atoms with E-state index in [4.69, 9.17) is 0 Å². The molecule has 178 valence electrons. The summed E-state index contributed by atoms with van der Waals surface area (Å²) in [5.41, 5.74) is 0. The highest BCUT2D eigenvalue weighted by atomic mass is 32.1. The average molecular weight is 481 g/mol. The Morgan fingerprint density at radius 1 is 0.935 bits per heavy atom. The fourth-order valence-electron chi connectivity index (χ4n) is 1.12. The summed E-state index contributed by atoms with van der Waals surface area (Å²) in [5.74, 6) is 2.08. The van der Waals surface area contributed by atoms with Crippen molar-refractivity contribution in [2.75, 3.05) is 0 Å². The lowest BCUT2D eigenvalue weighted by molar-refractivity contribution is 0.383. The van der Waals surface area contributed by atoms with Gasteiger partial charge in [-0.1, -0.05) is 40.1 Å². The van der Waals surface area contributed by atoms with E-state index >= 15 is 0 Å². The first-order valence-electron chi connectivity index (χ1n) is 7.03. The summed E-state index contributed by atoms with van der Waals surface area (Å²) in [6, 6.07) is 0. The molecule has 0 bridgehead atoms. The Labute approximate surface area is 189 Å². The van der Waals surface area contributed by atoms with Gasteiger partial charge in [-0.3, -0.25) is 19.3 Å². The summed E-state index contributed by atoms with van der Waals surface area (Å²) < 4.78 is 12.3. The number of nitrogens with zero attached hydrogens (tertiary/aromatic N) is 6. The molecule has 0 saturated heterocycles. The Morgan fingerprint density at radius 2 is 1.58 bits per heavy atom. The molecule has 0 aliphatic heterocycles. The molecule has 0 aliphatic rings. The lowest BCUT2D eigenvalue weighted by Crippen LogP contribution is -1.93.